The molecule has 2 atom stereocenters. The molecule has 6 heteroatoms. The largest absolute Gasteiger partial charge is 0.335 e. The number of H-pyrrole nitrogens is 1. The zero-order valence-corrected chi connectivity index (χ0v) is 12.0. The predicted octanol–water partition coefficient (Wildman–Crippen LogP) is 0.960. The lowest BCUT2D eigenvalue weighted by Gasteiger charge is -2.36. The minimum atomic E-state index is -0.228. The first-order chi connectivity index (χ1) is 8.47. The van der Waals surface area contributed by atoms with Crippen LogP contribution in [0.15, 0.2) is 21.5 Å². The third kappa shape index (κ3) is 2.81. The van der Waals surface area contributed by atoms with Crippen molar-refractivity contribution < 1.29 is 4.79 Å². The van der Waals surface area contributed by atoms with Gasteiger partial charge < -0.3 is 15.2 Å². The summed E-state index contributed by atoms with van der Waals surface area (Å²) in [4.78, 5) is 27.9. The van der Waals surface area contributed by atoms with Crippen molar-refractivity contribution in [3.63, 3.8) is 0 Å². The monoisotopic (exact) mass is 313 g/mol. The summed E-state index contributed by atoms with van der Waals surface area (Å²) in [6, 6.07) is 2.13. The van der Waals surface area contributed by atoms with Gasteiger partial charge in [0.25, 0.3) is 11.5 Å². The number of amides is 1. The lowest BCUT2D eigenvalue weighted by atomic mass is 10.1. The predicted molar refractivity (Wildman–Crippen MR) is 72.7 cm³/mol. The molecular weight excluding hydrogens is 298 g/mol. The van der Waals surface area contributed by atoms with E-state index in [1.807, 2.05) is 4.90 Å². The highest BCUT2D eigenvalue weighted by molar-refractivity contribution is 9.10. The minimum absolute atomic E-state index is 0.0489. The van der Waals surface area contributed by atoms with Gasteiger partial charge in [0.2, 0.25) is 0 Å². The molecule has 2 N–H and O–H groups in total. The van der Waals surface area contributed by atoms with Gasteiger partial charge in [-0.2, -0.15) is 0 Å². The minimum Gasteiger partial charge on any atom is -0.335 e. The summed E-state index contributed by atoms with van der Waals surface area (Å²) in [6.07, 6.45) is 1.47. The van der Waals surface area contributed by atoms with Crippen LogP contribution in [0.3, 0.4) is 0 Å². The fraction of sp³-hybridized carbons (Fsp3) is 0.500. The molecule has 1 saturated heterocycles. The standard InChI is InChI=1S/C12H16BrN3O2/c1-7-5-16(6-8(2)15-7)12(18)9-3-10(13)11(17)14-4-9/h3-4,7-8,15H,5-6H2,1-2H3,(H,14,17). The second-order valence-electron chi connectivity index (χ2n) is 4.74. The summed E-state index contributed by atoms with van der Waals surface area (Å²) in [6.45, 7) is 5.47. The molecule has 1 aromatic heterocycles. The molecule has 0 saturated carbocycles. The molecule has 2 unspecified atom stereocenters. The van der Waals surface area contributed by atoms with Gasteiger partial charge in [-0.05, 0) is 35.8 Å². The molecule has 5 nitrogen and oxygen atoms in total. The molecule has 1 aliphatic heterocycles. The van der Waals surface area contributed by atoms with E-state index in [0.717, 1.165) is 0 Å². The van der Waals surface area contributed by atoms with Gasteiger partial charge in [0, 0.05) is 31.4 Å². The number of aromatic nitrogens is 1. The van der Waals surface area contributed by atoms with Crippen LogP contribution in [0.2, 0.25) is 0 Å². The van der Waals surface area contributed by atoms with Crippen LogP contribution in [0.1, 0.15) is 24.2 Å². The Bertz CT molecular complexity index is 504. The molecule has 2 heterocycles. The normalized spacial score (nSPS) is 24.1. The smallest absolute Gasteiger partial charge is 0.262 e. The molecule has 1 aromatic rings. The van der Waals surface area contributed by atoms with E-state index in [1.165, 1.54) is 6.20 Å². The van der Waals surface area contributed by atoms with Crippen LogP contribution in [-0.4, -0.2) is 41.0 Å². The quantitative estimate of drug-likeness (QED) is 0.811. The summed E-state index contributed by atoms with van der Waals surface area (Å²) in [5.41, 5.74) is 0.274. The zero-order chi connectivity index (χ0) is 13.3. The second-order valence-corrected chi connectivity index (χ2v) is 5.60. The topological polar surface area (TPSA) is 65.2 Å². The molecule has 0 radical (unpaired) electrons. The molecule has 1 fully saturated rings. The average Bonchev–Trinajstić information content (AvgIpc) is 2.30. The van der Waals surface area contributed by atoms with Crippen molar-refractivity contribution in [2.45, 2.75) is 25.9 Å². The Morgan fingerprint density at radius 3 is 2.56 bits per heavy atom. The maximum atomic E-state index is 12.3. The number of carbonyl (C=O) groups is 1. The number of halogens is 1. The molecule has 1 amide bonds. The van der Waals surface area contributed by atoms with Crippen molar-refractivity contribution in [3.05, 3.63) is 32.7 Å². The van der Waals surface area contributed by atoms with Gasteiger partial charge in [-0.25, -0.2) is 0 Å². The fourth-order valence-corrected chi connectivity index (χ4v) is 2.62. The molecule has 0 bridgehead atoms. The summed E-state index contributed by atoms with van der Waals surface area (Å²) in [7, 11) is 0. The number of piperazine rings is 1. The number of aromatic amines is 1. The van der Waals surface area contributed by atoms with E-state index in [-0.39, 0.29) is 23.6 Å². The van der Waals surface area contributed by atoms with Gasteiger partial charge in [0.1, 0.15) is 0 Å². The third-order valence-electron chi connectivity index (χ3n) is 2.95. The van der Waals surface area contributed by atoms with Crippen molar-refractivity contribution in [2.24, 2.45) is 0 Å². The van der Waals surface area contributed by atoms with E-state index in [1.54, 1.807) is 6.07 Å². The third-order valence-corrected chi connectivity index (χ3v) is 3.54. The Morgan fingerprint density at radius 1 is 1.39 bits per heavy atom. The number of carbonyl (C=O) groups excluding carboxylic acids is 1. The first-order valence-electron chi connectivity index (χ1n) is 5.91. The van der Waals surface area contributed by atoms with E-state index in [9.17, 15) is 9.59 Å². The molecule has 0 spiro atoms. The van der Waals surface area contributed by atoms with Crippen molar-refractivity contribution in [3.8, 4) is 0 Å². The molecule has 1 aliphatic rings. The molecule has 0 aromatic carbocycles. The molecular formula is C12H16BrN3O2. The van der Waals surface area contributed by atoms with Crippen LogP contribution in [0.5, 0.6) is 0 Å². The Morgan fingerprint density at radius 2 is 2.00 bits per heavy atom. The SMILES string of the molecule is CC1CN(C(=O)c2c[nH]c(=O)c(Br)c2)CC(C)N1. The molecule has 2 rings (SSSR count). The average molecular weight is 314 g/mol. The van der Waals surface area contributed by atoms with Crippen molar-refractivity contribution in [2.75, 3.05) is 13.1 Å². The first kappa shape index (κ1) is 13.3. The van der Waals surface area contributed by atoms with Crippen LogP contribution >= 0.6 is 15.9 Å². The summed E-state index contributed by atoms with van der Waals surface area (Å²) in [5, 5.41) is 3.38. The van der Waals surface area contributed by atoms with Crippen LogP contribution in [0, 0.1) is 0 Å². The van der Waals surface area contributed by atoms with Gasteiger partial charge in [0.05, 0.1) is 10.0 Å². The number of hydrogen-bond acceptors (Lipinski definition) is 3. The summed E-state index contributed by atoms with van der Waals surface area (Å²) >= 11 is 3.14. The van der Waals surface area contributed by atoms with E-state index in [0.29, 0.717) is 23.1 Å². The second kappa shape index (κ2) is 5.24. The summed E-state index contributed by atoms with van der Waals surface area (Å²) in [5.74, 6) is -0.0489. The van der Waals surface area contributed by atoms with Gasteiger partial charge in [-0.15, -0.1) is 0 Å². The van der Waals surface area contributed by atoms with Gasteiger partial charge in [-0.3, -0.25) is 9.59 Å². The Labute approximate surface area is 114 Å². The Hall–Kier alpha value is -1.14. The highest BCUT2D eigenvalue weighted by atomic mass is 79.9. The van der Waals surface area contributed by atoms with E-state index < -0.39 is 0 Å². The number of nitrogens with one attached hydrogen (secondary N) is 2. The van der Waals surface area contributed by atoms with E-state index >= 15 is 0 Å². The fourth-order valence-electron chi connectivity index (χ4n) is 2.25. The first-order valence-corrected chi connectivity index (χ1v) is 6.70. The lowest BCUT2D eigenvalue weighted by molar-refractivity contribution is 0.0673. The highest BCUT2D eigenvalue weighted by Gasteiger charge is 2.25. The van der Waals surface area contributed by atoms with E-state index in [2.05, 4.69) is 40.1 Å². The summed E-state index contributed by atoms with van der Waals surface area (Å²) < 4.78 is 0.379. The van der Waals surface area contributed by atoms with Crippen LogP contribution in [-0.2, 0) is 0 Å². The molecule has 0 aliphatic carbocycles. The van der Waals surface area contributed by atoms with Crippen molar-refractivity contribution in [1.29, 1.82) is 0 Å². The Balaban J connectivity index is 2.20. The van der Waals surface area contributed by atoms with E-state index in [4.69, 9.17) is 0 Å². The van der Waals surface area contributed by atoms with Gasteiger partial charge in [-0.1, -0.05) is 0 Å². The molecule has 18 heavy (non-hydrogen) atoms. The van der Waals surface area contributed by atoms with Crippen LogP contribution in [0.4, 0.5) is 0 Å². The maximum absolute atomic E-state index is 12.3. The Kier molecular flexibility index (Phi) is 3.87. The van der Waals surface area contributed by atoms with Crippen molar-refractivity contribution >= 4 is 21.8 Å². The molecule has 98 valence electrons. The van der Waals surface area contributed by atoms with Crippen molar-refractivity contribution in [1.82, 2.24) is 15.2 Å². The number of hydrogen-bond donors (Lipinski definition) is 2. The highest BCUT2D eigenvalue weighted by Crippen LogP contribution is 2.11. The lowest BCUT2D eigenvalue weighted by Crippen LogP contribution is -2.55. The van der Waals surface area contributed by atoms with Crippen LogP contribution < -0.4 is 10.9 Å². The maximum Gasteiger partial charge on any atom is 0.262 e. The zero-order valence-electron chi connectivity index (χ0n) is 10.4. The number of nitrogens with zero attached hydrogens (tertiary/aromatic N) is 1. The van der Waals surface area contributed by atoms with Crippen LogP contribution in [0.25, 0.3) is 0 Å². The van der Waals surface area contributed by atoms with Gasteiger partial charge in [0.15, 0.2) is 0 Å². The van der Waals surface area contributed by atoms with Gasteiger partial charge >= 0.3 is 0 Å². The number of rotatable bonds is 1. The number of pyridine rings is 1.